The summed E-state index contributed by atoms with van der Waals surface area (Å²) in [6.07, 6.45) is 2.70. The fraction of sp³-hybridized carbons (Fsp3) is 0.238. The Morgan fingerprint density at radius 3 is 2.14 bits per heavy atom. The largest absolute Gasteiger partial charge is 0.454 e. The lowest BCUT2D eigenvalue weighted by Crippen LogP contribution is -2.30. The highest BCUT2D eigenvalue weighted by atomic mass is 32.2. The van der Waals surface area contributed by atoms with Crippen LogP contribution in [0.1, 0.15) is 29.8 Å². The first kappa shape index (κ1) is 21.5. The van der Waals surface area contributed by atoms with Gasteiger partial charge in [-0.05, 0) is 23.8 Å². The minimum atomic E-state index is -3.51. The Labute approximate surface area is 165 Å². The number of benzene rings is 2. The van der Waals surface area contributed by atoms with Crippen molar-refractivity contribution in [3.05, 3.63) is 71.8 Å². The number of ketones is 1. The van der Waals surface area contributed by atoms with E-state index in [-0.39, 0.29) is 17.3 Å². The standard InChI is InChI=1S/C21H23NO5S/c1-3-22(4-2)28(25,26)19-13-10-17(11-14-19)12-15-21(24)27-16-20(23)18-8-6-5-7-9-18/h5-15H,3-4,16H2,1-2H3. The van der Waals surface area contributed by atoms with Gasteiger partial charge in [0.15, 0.2) is 12.4 Å². The van der Waals surface area contributed by atoms with E-state index >= 15 is 0 Å². The predicted octanol–water partition coefficient (Wildman–Crippen LogP) is 3.16. The molecule has 0 amide bonds. The summed E-state index contributed by atoms with van der Waals surface area (Å²) in [6, 6.07) is 14.8. The summed E-state index contributed by atoms with van der Waals surface area (Å²) in [5.74, 6) is -0.933. The highest BCUT2D eigenvalue weighted by Crippen LogP contribution is 2.16. The third kappa shape index (κ3) is 5.61. The number of hydrogen-bond donors (Lipinski definition) is 0. The summed E-state index contributed by atoms with van der Waals surface area (Å²) in [6.45, 7) is 4.02. The molecule has 6 nitrogen and oxygen atoms in total. The van der Waals surface area contributed by atoms with Crippen LogP contribution in [0.5, 0.6) is 0 Å². The van der Waals surface area contributed by atoms with Gasteiger partial charge in [-0.1, -0.05) is 56.3 Å². The van der Waals surface area contributed by atoms with E-state index in [9.17, 15) is 18.0 Å². The Kier molecular flexibility index (Phi) is 7.66. The van der Waals surface area contributed by atoms with E-state index < -0.39 is 16.0 Å². The van der Waals surface area contributed by atoms with Crippen molar-refractivity contribution < 1.29 is 22.7 Å². The average Bonchev–Trinajstić information content (AvgIpc) is 2.72. The van der Waals surface area contributed by atoms with Crippen LogP contribution < -0.4 is 0 Å². The molecule has 0 aliphatic rings. The van der Waals surface area contributed by atoms with E-state index in [1.165, 1.54) is 28.6 Å². The summed E-state index contributed by atoms with van der Waals surface area (Å²) >= 11 is 0. The second-order valence-corrected chi connectivity index (χ2v) is 7.83. The number of carbonyl (C=O) groups excluding carboxylic acids is 2. The molecule has 2 rings (SSSR count). The lowest BCUT2D eigenvalue weighted by Gasteiger charge is -2.18. The molecule has 0 aromatic heterocycles. The molecule has 2 aromatic carbocycles. The number of esters is 1. The van der Waals surface area contributed by atoms with Crippen LogP contribution in [-0.4, -0.2) is 44.2 Å². The van der Waals surface area contributed by atoms with E-state index in [0.717, 1.165) is 0 Å². The van der Waals surface area contributed by atoms with Crippen LogP contribution in [0.15, 0.2) is 65.6 Å². The van der Waals surface area contributed by atoms with E-state index in [4.69, 9.17) is 4.74 Å². The van der Waals surface area contributed by atoms with Crippen molar-refractivity contribution in [1.82, 2.24) is 4.31 Å². The van der Waals surface area contributed by atoms with Crippen molar-refractivity contribution >= 4 is 27.9 Å². The second kappa shape index (κ2) is 9.96. The fourth-order valence-corrected chi connectivity index (χ4v) is 3.98. The first-order valence-corrected chi connectivity index (χ1v) is 10.4. The molecule has 0 aliphatic heterocycles. The molecule has 0 atom stereocenters. The van der Waals surface area contributed by atoms with Gasteiger partial charge in [-0.15, -0.1) is 0 Å². The van der Waals surface area contributed by atoms with E-state index in [1.54, 1.807) is 56.3 Å². The maximum absolute atomic E-state index is 12.4. The Morgan fingerprint density at radius 2 is 1.57 bits per heavy atom. The molecule has 0 fully saturated rings. The molecule has 2 aromatic rings. The van der Waals surface area contributed by atoms with Crippen molar-refractivity contribution in [2.45, 2.75) is 18.7 Å². The number of rotatable bonds is 9. The smallest absolute Gasteiger partial charge is 0.331 e. The normalized spacial score (nSPS) is 11.7. The van der Waals surface area contributed by atoms with Gasteiger partial charge in [0.05, 0.1) is 4.90 Å². The van der Waals surface area contributed by atoms with Gasteiger partial charge in [0.2, 0.25) is 10.0 Å². The number of Topliss-reactive ketones (excluding diaryl/α,β-unsaturated/α-hetero) is 1. The number of nitrogens with zero attached hydrogens (tertiary/aromatic N) is 1. The van der Waals surface area contributed by atoms with Gasteiger partial charge in [-0.3, -0.25) is 4.79 Å². The molecule has 0 heterocycles. The van der Waals surface area contributed by atoms with Gasteiger partial charge in [0.1, 0.15) is 0 Å². The minimum Gasteiger partial charge on any atom is -0.454 e. The molecule has 7 heteroatoms. The molecule has 28 heavy (non-hydrogen) atoms. The first-order valence-electron chi connectivity index (χ1n) is 8.91. The highest BCUT2D eigenvalue weighted by molar-refractivity contribution is 7.89. The van der Waals surface area contributed by atoms with E-state index in [0.29, 0.717) is 24.2 Å². The van der Waals surface area contributed by atoms with Crippen LogP contribution in [-0.2, 0) is 19.6 Å². The number of hydrogen-bond acceptors (Lipinski definition) is 5. The summed E-state index contributed by atoms with van der Waals surface area (Å²) in [5, 5.41) is 0. The lowest BCUT2D eigenvalue weighted by molar-refractivity contribution is -0.136. The third-order valence-electron chi connectivity index (χ3n) is 4.08. The maximum atomic E-state index is 12.4. The molecule has 0 saturated carbocycles. The average molecular weight is 401 g/mol. The summed E-state index contributed by atoms with van der Waals surface area (Å²) in [7, 11) is -3.51. The minimum absolute atomic E-state index is 0.199. The summed E-state index contributed by atoms with van der Waals surface area (Å²) in [5.41, 5.74) is 1.12. The van der Waals surface area contributed by atoms with Crippen LogP contribution in [0.2, 0.25) is 0 Å². The Bertz CT molecular complexity index is 931. The molecule has 0 saturated heterocycles. The van der Waals surface area contributed by atoms with Crippen molar-refractivity contribution in [2.75, 3.05) is 19.7 Å². The van der Waals surface area contributed by atoms with Crippen LogP contribution >= 0.6 is 0 Å². The monoisotopic (exact) mass is 401 g/mol. The summed E-state index contributed by atoms with van der Waals surface area (Å²) < 4.78 is 31.2. The van der Waals surface area contributed by atoms with Gasteiger partial charge >= 0.3 is 5.97 Å². The first-order chi connectivity index (χ1) is 13.4. The molecule has 0 N–H and O–H groups in total. The van der Waals surface area contributed by atoms with Gasteiger partial charge in [0, 0.05) is 24.7 Å². The predicted molar refractivity (Wildman–Crippen MR) is 107 cm³/mol. The highest BCUT2D eigenvalue weighted by Gasteiger charge is 2.20. The Morgan fingerprint density at radius 1 is 0.964 bits per heavy atom. The Hall–Kier alpha value is -2.77. The quantitative estimate of drug-likeness (QED) is 0.366. The summed E-state index contributed by atoms with van der Waals surface area (Å²) in [4.78, 5) is 23.9. The molecule has 0 spiro atoms. The topological polar surface area (TPSA) is 80.8 Å². The van der Waals surface area contributed by atoms with Crippen molar-refractivity contribution in [3.63, 3.8) is 0 Å². The molecule has 148 valence electrons. The Balaban J connectivity index is 1.95. The van der Waals surface area contributed by atoms with Crippen molar-refractivity contribution in [1.29, 1.82) is 0 Å². The molecular weight excluding hydrogens is 378 g/mol. The maximum Gasteiger partial charge on any atom is 0.331 e. The molecule has 0 unspecified atom stereocenters. The van der Waals surface area contributed by atoms with Crippen molar-refractivity contribution in [2.24, 2.45) is 0 Å². The molecule has 0 bridgehead atoms. The van der Waals surface area contributed by atoms with Crippen LogP contribution in [0.3, 0.4) is 0 Å². The molecular formula is C21H23NO5S. The van der Waals surface area contributed by atoms with Crippen LogP contribution in [0.4, 0.5) is 0 Å². The number of carbonyl (C=O) groups is 2. The second-order valence-electron chi connectivity index (χ2n) is 5.89. The van der Waals surface area contributed by atoms with Gasteiger partial charge < -0.3 is 4.74 Å². The van der Waals surface area contributed by atoms with Gasteiger partial charge in [0.25, 0.3) is 0 Å². The SMILES string of the molecule is CCN(CC)S(=O)(=O)c1ccc(C=CC(=O)OCC(=O)c2ccccc2)cc1. The zero-order valence-corrected chi connectivity index (χ0v) is 16.7. The molecule has 0 radical (unpaired) electrons. The van der Waals surface area contributed by atoms with Gasteiger partial charge in [-0.25, -0.2) is 13.2 Å². The van der Waals surface area contributed by atoms with Crippen molar-refractivity contribution in [3.8, 4) is 0 Å². The lowest BCUT2D eigenvalue weighted by atomic mass is 10.1. The van der Waals surface area contributed by atoms with E-state index in [1.807, 2.05) is 0 Å². The number of ether oxygens (including phenoxy) is 1. The van der Waals surface area contributed by atoms with Gasteiger partial charge in [-0.2, -0.15) is 4.31 Å². The van der Waals surface area contributed by atoms with Crippen LogP contribution in [0, 0.1) is 0 Å². The zero-order chi connectivity index (χ0) is 20.6. The molecule has 0 aliphatic carbocycles. The number of sulfonamides is 1. The zero-order valence-electron chi connectivity index (χ0n) is 15.9. The third-order valence-corrected chi connectivity index (χ3v) is 6.14. The van der Waals surface area contributed by atoms with E-state index in [2.05, 4.69) is 0 Å². The fourth-order valence-electron chi connectivity index (χ4n) is 2.52. The van der Waals surface area contributed by atoms with Crippen LogP contribution in [0.25, 0.3) is 6.08 Å².